The largest absolute Gasteiger partial charge is 0.394 e. The van der Waals surface area contributed by atoms with E-state index in [0.717, 1.165) is 25.7 Å². The minimum Gasteiger partial charge on any atom is -0.394 e. The number of aliphatic hydroxyl groups excluding tert-OH is 1. The SMILES string of the molecule is CC[C@@H](CO)N1C(=O)[C@@H]2[C@@H]3C(=O)N(C)CC=C[C@@H]3S[C@@]23C=CCN(C2CCCCC2)C(=O)C13. The summed E-state index contributed by atoms with van der Waals surface area (Å²) in [5.41, 5.74) is 0. The maximum Gasteiger partial charge on any atom is 0.247 e. The molecule has 1 saturated carbocycles. The zero-order valence-electron chi connectivity index (χ0n) is 19.6. The number of aliphatic hydroxyl groups is 1. The summed E-state index contributed by atoms with van der Waals surface area (Å²) in [6, 6.07) is -0.918. The van der Waals surface area contributed by atoms with E-state index >= 15 is 0 Å². The molecule has 7 nitrogen and oxygen atoms in total. The summed E-state index contributed by atoms with van der Waals surface area (Å²) >= 11 is 1.61. The van der Waals surface area contributed by atoms with Gasteiger partial charge in [-0.05, 0) is 19.3 Å². The fourth-order valence-corrected chi connectivity index (χ4v) is 8.74. The molecule has 5 rings (SSSR count). The predicted octanol–water partition coefficient (Wildman–Crippen LogP) is 1.81. The number of likely N-dealkylation sites (tertiary alicyclic amines) is 1. The molecule has 1 aliphatic carbocycles. The topological polar surface area (TPSA) is 81.2 Å². The molecule has 4 heterocycles. The van der Waals surface area contributed by atoms with E-state index in [-0.39, 0.29) is 35.6 Å². The summed E-state index contributed by atoms with van der Waals surface area (Å²) in [5, 5.41) is 10.0. The highest BCUT2D eigenvalue weighted by atomic mass is 32.2. The molecule has 1 unspecified atom stereocenters. The minimum atomic E-state index is -0.784. The number of rotatable bonds is 4. The lowest BCUT2D eigenvalue weighted by Gasteiger charge is -2.41. The van der Waals surface area contributed by atoms with Gasteiger partial charge >= 0.3 is 0 Å². The Labute approximate surface area is 200 Å². The number of thioether (sulfide) groups is 1. The van der Waals surface area contributed by atoms with E-state index in [4.69, 9.17) is 0 Å². The van der Waals surface area contributed by atoms with Gasteiger partial charge < -0.3 is 19.8 Å². The van der Waals surface area contributed by atoms with Crippen LogP contribution in [-0.2, 0) is 14.4 Å². The summed E-state index contributed by atoms with van der Waals surface area (Å²) in [4.78, 5) is 47.1. The molecule has 0 radical (unpaired) electrons. The second-order valence-electron chi connectivity index (χ2n) is 10.2. The number of likely N-dealkylation sites (N-methyl/N-ethyl adjacent to an activating group) is 1. The van der Waals surface area contributed by atoms with Crippen LogP contribution in [-0.4, -0.2) is 92.4 Å². The van der Waals surface area contributed by atoms with Gasteiger partial charge in [0.05, 0.1) is 29.2 Å². The van der Waals surface area contributed by atoms with Crippen molar-refractivity contribution in [2.24, 2.45) is 11.8 Å². The van der Waals surface area contributed by atoms with Crippen molar-refractivity contribution in [3.8, 4) is 0 Å². The molecule has 2 saturated heterocycles. The highest BCUT2D eigenvalue weighted by molar-refractivity contribution is 8.02. The van der Waals surface area contributed by atoms with Crippen LogP contribution in [0.15, 0.2) is 24.3 Å². The van der Waals surface area contributed by atoms with Gasteiger partial charge in [0.2, 0.25) is 17.7 Å². The van der Waals surface area contributed by atoms with Crippen LogP contribution in [0.4, 0.5) is 0 Å². The monoisotopic (exact) mass is 473 g/mol. The molecule has 1 N–H and O–H groups in total. The van der Waals surface area contributed by atoms with Gasteiger partial charge in [0.15, 0.2) is 0 Å². The molecule has 0 aromatic rings. The smallest absolute Gasteiger partial charge is 0.247 e. The molecule has 0 aromatic heterocycles. The predicted molar refractivity (Wildman–Crippen MR) is 127 cm³/mol. The van der Waals surface area contributed by atoms with Gasteiger partial charge in [0, 0.05) is 31.4 Å². The van der Waals surface area contributed by atoms with Gasteiger partial charge in [-0.2, -0.15) is 0 Å². The number of hydrogen-bond acceptors (Lipinski definition) is 5. The number of carbonyl (C=O) groups excluding carboxylic acids is 3. The van der Waals surface area contributed by atoms with E-state index in [1.54, 1.807) is 28.6 Å². The van der Waals surface area contributed by atoms with Gasteiger partial charge in [0.25, 0.3) is 0 Å². The van der Waals surface area contributed by atoms with Crippen LogP contribution < -0.4 is 0 Å². The number of fused-ring (bicyclic) bond motifs is 2. The molecule has 180 valence electrons. The maximum absolute atomic E-state index is 14.3. The molecule has 3 fully saturated rings. The molecule has 33 heavy (non-hydrogen) atoms. The summed E-state index contributed by atoms with van der Waals surface area (Å²) in [7, 11) is 1.78. The van der Waals surface area contributed by atoms with Crippen LogP contribution >= 0.6 is 11.8 Å². The first kappa shape index (κ1) is 23.0. The Hall–Kier alpha value is -1.80. The Bertz CT molecular complexity index is 881. The van der Waals surface area contributed by atoms with E-state index in [9.17, 15) is 19.5 Å². The first-order chi connectivity index (χ1) is 15.9. The molecule has 5 aliphatic rings. The van der Waals surface area contributed by atoms with Crippen LogP contribution in [0.3, 0.4) is 0 Å². The Morgan fingerprint density at radius 3 is 2.55 bits per heavy atom. The van der Waals surface area contributed by atoms with Crippen LogP contribution in [0, 0.1) is 11.8 Å². The average Bonchev–Trinajstić information content (AvgIpc) is 3.15. The summed E-state index contributed by atoms with van der Waals surface area (Å²) in [5.74, 6) is -1.28. The van der Waals surface area contributed by atoms with Crippen molar-refractivity contribution in [2.75, 3.05) is 26.7 Å². The van der Waals surface area contributed by atoms with Crippen LogP contribution in [0.25, 0.3) is 0 Å². The lowest BCUT2D eigenvalue weighted by Crippen LogP contribution is -2.58. The van der Waals surface area contributed by atoms with E-state index in [2.05, 4.69) is 18.2 Å². The zero-order chi connectivity index (χ0) is 23.3. The molecule has 4 aliphatic heterocycles. The Morgan fingerprint density at radius 1 is 1.09 bits per heavy atom. The van der Waals surface area contributed by atoms with E-state index in [0.29, 0.717) is 19.5 Å². The molecular formula is C25H35N3O4S. The van der Waals surface area contributed by atoms with Crippen molar-refractivity contribution < 1.29 is 19.5 Å². The van der Waals surface area contributed by atoms with Gasteiger partial charge in [-0.25, -0.2) is 0 Å². The third-order valence-corrected chi connectivity index (χ3v) is 10.2. The Kier molecular flexibility index (Phi) is 6.10. The van der Waals surface area contributed by atoms with E-state index in [1.165, 1.54) is 6.42 Å². The summed E-state index contributed by atoms with van der Waals surface area (Å²) < 4.78 is -0.784. The first-order valence-corrected chi connectivity index (χ1v) is 13.3. The lowest BCUT2D eigenvalue weighted by atomic mass is 9.78. The van der Waals surface area contributed by atoms with Crippen molar-refractivity contribution in [1.29, 1.82) is 0 Å². The molecule has 6 atom stereocenters. The quantitative estimate of drug-likeness (QED) is 0.630. The second kappa shape index (κ2) is 8.77. The molecule has 1 spiro atoms. The molecule has 8 heteroatoms. The second-order valence-corrected chi connectivity index (χ2v) is 11.7. The summed E-state index contributed by atoms with van der Waals surface area (Å²) in [6.45, 7) is 2.83. The zero-order valence-corrected chi connectivity index (χ0v) is 20.4. The van der Waals surface area contributed by atoms with Crippen molar-refractivity contribution in [3.63, 3.8) is 0 Å². The van der Waals surface area contributed by atoms with Crippen molar-refractivity contribution in [3.05, 3.63) is 24.3 Å². The molecular weight excluding hydrogens is 438 g/mol. The highest BCUT2D eigenvalue weighted by Crippen LogP contribution is 2.61. The van der Waals surface area contributed by atoms with Gasteiger partial charge in [-0.1, -0.05) is 50.5 Å². The third kappa shape index (κ3) is 3.39. The molecule has 0 bridgehead atoms. The fraction of sp³-hybridized carbons (Fsp3) is 0.720. The number of hydrogen-bond donors (Lipinski definition) is 1. The maximum atomic E-state index is 14.3. The van der Waals surface area contributed by atoms with Gasteiger partial charge in [-0.15, -0.1) is 11.8 Å². The van der Waals surface area contributed by atoms with Crippen molar-refractivity contribution in [2.45, 2.75) is 73.6 Å². The molecule has 3 amide bonds. The Balaban J connectivity index is 1.61. The average molecular weight is 474 g/mol. The fourth-order valence-electron chi connectivity index (χ4n) is 6.75. The standard InChI is InChI=1S/C25H35N3O4S/c1-3-16(15-29)28-21-24(32)27(17-9-5-4-6-10-17)14-8-12-25(21)20(23(28)31)19-18(33-25)11-7-13-26(2)22(19)30/h7-8,11-12,16-21,29H,3-6,9-10,13-15H2,1-2H3/t16-,18-,19+,20-,21?,25-/m0/s1. The van der Waals surface area contributed by atoms with Gasteiger partial charge in [-0.3, -0.25) is 14.4 Å². The van der Waals surface area contributed by atoms with Crippen LogP contribution in [0.1, 0.15) is 45.4 Å². The van der Waals surface area contributed by atoms with E-state index in [1.807, 2.05) is 17.9 Å². The molecule has 0 aromatic carbocycles. The van der Waals surface area contributed by atoms with E-state index < -0.39 is 28.7 Å². The third-order valence-electron chi connectivity index (χ3n) is 8.42. The summed E-state index contributed by atoms with van der Waals surface area (Å²) in [6.07, 6.45) is 14.2. The lowest BCUT2D eigenvalue weighted by molar-refractivity contribution is -0.147. The Morgan fingerprint density at radius 2 is 1.85 bits per heavy atom. The van der Waals surface area contributed by atoms with Crippen molar-refractivity contribution >= 4 is 29.5 Å². The first-order valence-electron chi connectivity index (χ1n) is 12.4. The van der Waals surface area contributed by atoms with Crippen LogP contribution in [0.2, 0.25) is 0 Å². The van der Waals surface area contributed by atoms with Gasteiger partial charge in [0.1, 0.15) is 6.04 Å². The minimum absolute atomic E-state index is 0.0107. The van der Waals surface area contributed by atoms with Crippen LogP contribution in [0.5, 0.6) is 0 Å². The number of amides is 3. The number of nitrogens with zero attached hydrogens (tertiary/aromatic N) is 3. The highest BCUT2D eigenvalue weighted by Gasteiger charge is 2.71. The van der Waals surface area contributed by atoms with Crippen molar-refractivity contribution in [1.82, 2.24) is 14.7 Å². The number of carbonyl (C=O) groups is 3. The normalized spacial score (nSPS) is 37.7.